The van der Waals surface area contributed by atoms with Gasteiger partial charge in [0.15, 0.2) is 0 Å². The molecule has 0 aliphatic heterocycles. The van der Waals surface area contributed by atoms with Crippen molar-refractivity contribution < 1.29 is 4.74 Å². The fraction of sp³-hybridized carbons (Fsp3) is 1.00. The molecule has 0 heterocycles. The third-order valence-corrected chi connectivity index (χ3v) is 2.86. The molecule has 3 nitrogen and oxygen atoms in total. The Labute approximate surface area is 81.0 Å². The van der Waals surface area contributed by atoms with Gasteiger partial charge in [-0.3, -0.25) is 0 Å². The second-order valence-corrected chi connectivity index (χ2v) is 3.92. The van der Waals surface area contributed by atoms with Crippen molar-refractivity contribution in [3.63, 3.8) is 0 Å². The van der Waals surface area contributed by atoms with Crippen LogP contribution in [0.2, 0.25) is 0 Å². The van der Waals surface area contributed by atoms with Crippen LogP contribution in [-0.4, -0.2) is 32.8 Å². The molecule has 0 saturated heterocycles. The fourth-order valence-electron chi connectivity index (χ4n) is 1.53. The van der Waals surface area contributed by atoms with Gasteiger partial charge in [0.05, 0.1) is 0 Å². The van der Waals surface area contributed by atoms with Crippen LogP contribution in [0.4, 0.5) is 0 Å². The van der Waals surface area contributed by atoms with Crippen molar-refractivity contribution >= 4 is 0 Å². The predicted octanol–water partition coefficient (Wildman–Crippen LogP) is 0.740. The van der Waals surface area contributed by atoms with Gasteiger partial charge in [-0.2, -0.15) is 0 Å². The Morgan fingerprint density at radius 3 is 2.77 bits per heavy atom. The zero-order valence-corrected chi connectivity index (χ0v) is 8.59. The highest BCUT2D eigenvalue weighted by atomic mass is 16.5. The monoisotopic (exact) mass is 186 g/mol. The fourth-order valence-corrected chi connectivity index (χ4v) is 1.53. The quantitative estimate of drug-likeness (QED) is 0.616. The van der Waals surface area contributed by atoms with Crippen LogP contribution in [0.1, 0.15) is 25.7 Å². The molecule has 0 aromatic carbocycles. The van der Waals surface area contributed by atoms with Crippen molar-refractivity contribution in [1.29, 1.82) is 0 Å². The normalized spacial score (nSPS) is 19.8. The van der Waals surface area contributed by atoms with E-state index in [1.165, 1.54) is 19.3 Å². The lowest BCUT2D eigenvalue weighted by molar-refractivity contribution is 0.175. The minimum Gasteiger partial charge on any atom is -0.385 e. The van der Waals surface area contributed by atoms with Gasteiger partial charge in [-0.15, -0.1) is 0 Å². The van der Waals surface area contributed by atoms with Crippen LogP contribution in [0.5, 0.6) is 0 Å². The van der Waals surface area contributed by atoms with Crippen LogP contribution in [0.15, 0.2) is 0 Å². The highest BCUT2D eigenvalue weighted by Crippen LogP contribution is 2.18. The summed E-state index contributed by atoms with van der Waals surface area (Å²) in [6.45, 7) is 2.65. The average molecular weight is 186 g/mol. The lowest BCUT2D eigenvalue weighted by atomic mass is 9.92. The summed E-state index contributed by atoms with van der Waals surface area (Å²) in [6, 6.07) is 0.775. The summed E-state index contributed by atoms with van der Waals surface area (Å²) >= 11 is 0. The molecule has 0 amide bonds. The van der Waals surface area contributed by atoms with Gasteiger partial charge in [-0.05, 0) is 38.3 Å². The topological polar surface area (TPSA) is 47.3 Å². The molecule has 0 spiro atoms. The Hall–Kier alpha value is -0.120. The molecule has 78 valence electrons. The predicted molar refractivity (Wildman–Crippen MR) is 54.7 cm³/mol. The van der Waals surface area contributed by atoms with Gasteiger partial charge >= 0.3 is 0 Å². The molecule has 0 radical (unpaired) electrons. The van der Waals surface area contributed by atoms with Crippen molar-refractivity contribution in [3.05, 3.63) is 0 Å². The summed E-state index contributed by atoms with van der Waals surface area (Å²) in [7, 11) is 1.74. The maximum atomic E-state index is 5.66. The van der Waals surface area contributed by atoms with Crippen LogP contribution in [-0.2, 0) is 4.74 Å². The van der Waals surface area contributed by atoms with E-state index in [0.717, 1.165) is 32.2 Å². The van der Waals surface area contributed by atoms with Crippen molar-refractivity contribution in [2.24, 2.45) is 11.7 Å². The summed E-state index contributed by atoms with van der Waals surface area (Å²) in [4.78, 5) is 0. The number of rotatable bonds is 7. The largest absolute Gasteiger partial charge is 0.385 e. The first kappa shape index (κ1) is 11.0. The zero-order chi connectivity index (χ0) is 9.52. The molecule has 1 unspecified atom stereocenters. The first-order valence-electron chi connectivity index (χ1n) is 5.29. The summed E-state index contributed by atoms with van der Waals surface area (Å²) in [6.07, 6.45) is 5.17. The van der Waals surface area contributed by atoms with Crippen LogP contribution in [0.3, 0.4) is 0 Å². The third-order valence-electron chi connectivity index (χ3n) is 2.86. The molecule has 1 fully saturated rings. The van der Waals surface area contributed by atoms with Crippen molar-refractivity contribution in [1.82, 2.24) is 5.32 Å². The van der Waals surface area contributed by atoms with Gasteiger partial charge in [0.25, 0.3) is 0 Å². The molecule has 0 aromatic rings. The van der Waals surface area contributed by atoms with Crippen LogP contribution >= 0.6 is 0 Å². The molecule has 1 atom stereocenters. The van der Waals surface area contributed by atoms with Crippen molar-refractivity contribution in [2.75, 3.05) is 26.8 Å². The van der Waals surface area contributed by atoms with E-state index >= 15 is 0 Å². The second kappa shape index (κ2) is 6.35. The summed E-state index contributed by atoms with van der Waals surface area (Å²) in [5.41, 5.74) is 5.66. The maximum Gasteiger partial charge on any atom is 0.0465 e. The molecular weight excluding hydrogens is 164 g/mol. The van der Waals surface area contributed by atoms with E-state index in [1.807, 2.05) is 0 Å². The molecule has 1 aliphatic rings. The van der Waals surface area contributed by atoms with Gasteiger partial charge in [0, 0.05) is 19.8 Å². The highest BCUT2D eigenvalue weighted by Gasteiger charge is 2.17. The average Bonchev–Trinajstić information content (AvgIpc) is 2.08. The molecule has 13 heavy (non-hydrogen) atoms. The first-order chi connectivity index (χ1) is 6.36. The smallest absolute Gasteiger partial charge is 0.0465 e. The molecular formula is C10H22N2O. The van der Waals surface area contributed by atoms with Gasteiger partial charge in [-0.1, -0.05) is 6.42 Å². The van der Waals surface area contributed by atoms with Gasteiger partial charge in [0.1, 0.15) is 0 Å². The zero-order valence-electron chi connectivity index (χ0n) is 8.59. The minimum absolute atomic E-state index is 0.584. The van der Waals surface area contributed by atoms with Gasteiger partial charge in [-0.25, -0.2) is 0 Å². The van der Waals surface area contributed by atoms with Crippen molar-refractivity contribution in [3.8, 4) is 0 Å². The lowest BCUT2D eigenvalue weighted by Crippen LogP contribution is -2.40. The van der Waals surface area contributed by atoms with Crippen molar-refractivity contribution in [2.45, 2.75) is 31.7 Å². The first-order valence-corrected chi connectivity index (χ1v) is 5.29. The van der Waals surface area contributed by atoms with E-state index in [1.54, 1.807) is 7.11 Å². The van der Waals surface area contributed by atoms with E-state index in [4.69, 9.17) is 10.5 Å². The van der Waals surface area contributed by atoms with Crippen LogP contribution in [0.25, 0.3) is 0 Å². The van der Waals surface area contributed by atoms with E-state index in [2.05, 4.69) is 5.32 Å². The Balaban J connectivity index is 2.00. The number of ether oxygens (including phenoxy) is 1. The molecule has 0 aromatic heterocycles. The van der Waals surface area contributed by atoms with Gasteiger partial charge in [0.2, 0.25) is 0 Å². The standard InChI is InChI=1S/C10H22N2O/c1-13-6-5-9(7-11)8-12-10-3-2-4-10/h9-10,12H,2-8,11H2,1H3. The summed E-state index contributed by atoms with van der Waals surface area (Å²) in [5, 5.41) is 3.54. The lowest BCUT2D eigenvalue weighted by Gasteiger charge is -2.28. The molecule has 3 heteroatoms. The summed E-state index contributed by atoms with van der Waals surface area (Å²) in [5.74, 6) is 0.584. The Morgan fingerprint density at radius 1 is 1.54 bits per heavy atom. The van der Waals surface area contributed by atoms with Crippen LogP contribution < -0.4 is 11.1 Å². The molecule has 1 saturated carbocycles. The summed E-state index contributed by atoms with van der Waals surface area (Å²) < 4.78 is 5.04. The number of nitrogens with one attached hydrogen (secondary N) is 1. The molecule has 0 bridgehead atoms. The second-order valence-electron chi connectivity index (χ2n) is 3.92. The molecule has 3 N–H and O–H groups in total. The Morgan fingerprint density at radius 2 is 2.31 bits per heavy atom. The van der Waals surface area contributed by atoms with E-state index in [9.17, 15) is 0 Å². The van der Waals surface area contributed by atoms with E-state index in [-0.39, 0.29) is 0 Å². The number of nitrogens with two attached hydrogens (primary N) is 1. The Kier molecular flexibility index (Phi) is 5.35. The highest BCUT2D eigenvalue weighted by molar-refractivity contribution is 4.77. The Bertz CT molecular complexity index is 126. The minimum atomic E-state index is 0.584. The number of hydrogen-bond donors (Lipinski definition) is 2. The SMILES string of the molecule is COCCC(CN)CNC1CCC1. The van der Waals surface area contributed by atoms with Crippen LogP contribution in [0, 0.1) is 5.92 Å². The van der Waals surface area contributed by atoms with Gasteiger partial charge < -0.3 is 15.8 Å². The number of hydrogen-bond acceptors (Lipinski definition) is 3. The third kappa shape index (κ3) is 4.07. The maximum absolute atomic E-state index is 5.66. The van der Waals surface area contributed by atoms with E-state index in [0.29, 0.717) is 5.92 Å². The molecule has 1 aliphatic carbocycles. The number of methoxy groups -OCH3 is 1. The molecule has 1 rings (SSSR count). The van der Waals surface area contributed by atoms with E-state index < -0.39 is 0 Å².